The number of hydrogen-bond donors (Lipinski definition) is 2. The first kappa shape index (κ1) is 18.6. The van der Waals surface area contributed by atoms with Crippen molar-refractivity contribution in [1.82, 2.24) is 5.32 Å². The summed E-state index contributed by atoms with van der Waals surface area (Å²) in [4.78, 5) is 12.1. The van der Waals surface area contributed by atoms with Crippen molar-refractivity contribution >= 4 is 11.6 Å². The van der Waals surface area contributed by atoms with Gasteiger partial charge < -0.3 is 15.4 Å². The number of hydrogen-bond acceptors (Lipinski definition) is 3. The predicted molar refractivity (Wildman–Crippen MR) is 105 cm³/mol. The largest absolute Gasteiger partial charge is 0.376 e. The lowest BCUT2D eigenvalue weighted by Crippen LogP contribution is -2.15. The fourth-order valence-electron chi connectivity index (χ4n) is 3.28. The molecule has 0 saturated carbocycles. The Hall–Kier alpha value is -2.17. The van der Waals surface area contributed by atoms with E-state index in [1.807, 2.05) is 42.5 Å². The molecule has 1 aliphatic rings. The second-order valence-electron chi connectivity index (χ2n) is 6.93. The standard InChI is InChI=1S/C22H28N2O2/c25-22(10-9-19-11-13-23-16-19)24-21-8-4-7-20(15-21)17-26-14-12-18-5-2-1-3-6-18/h1-8,15,19,23H,9-14,16-17H2,(H,24,25). The van der Waals surface area contributed by atoms with E-state index in [0.29, 0.717) is 25.6 Å². The van der Waals surface area contributed by atoms with E-state index in [9.17, 15) is 4.79 Å². The van der Waals surface area contributed by atoms with Crippen molar-refractivity contribution in [2.75, 3.05) is 25.0 Å². The van der Waals surface area contributed by atoms with Crippen LogP contribution in [-0.4, -0.2) is 25.6 Å². The molecule has 1 unspecified atom stereocenters. The van der Waals surface area contributed by atoms with E-state index in [-0.39, 0.29) is 5.91 Å². The van der Waals surface area contributed by atoms with Crippen LogP contribution in [0.5, 0.6) is 0 Å². The van der Waals surface area contributed by atoms with Crippen molar-refractivity contribution in [3.05, 3.63) is 65.7 Å². The van der Waals surface area contributed by atoms with Gasteiger partial charge in [-0.25, -0.2) is 0 Å². The Balaban J connectivity index is 1.38. The van der Waals surface area contributed by atoms with Gasteiger partial charge in [-0.3, -0.25) is 4.79 Å². The highest BCUT2D eigenvalue weighted by Crippen LogP contribution is 2.16. The smallest absolute Gasteiger partial charge is 0.224 e. The Kier molecular flexibility index (Phi) is 7.23. The highest BCUT2D eigenvalue weighted by molar-refractivity contribution is 5.90. The van der Waals surface area contributed by atoms with Gasteiger partial charge in [0.25, 0.3) is 0 Å². The number of benzene rings is 2. The molecule has 0 bridgehead atoms. The number of anilines is 1. The van der Waals surface area contributed by atoms with Crippen LogP contribution < -0.4 is 10.6 Å². The summed E-state index contributed by atoms with van der Waals surface area (Å²) < 4.78 is 5.78. The molecule has 1 amide bonds. The molecule has 0 aromatic heterocycles. The zero-order chi connectivity index (χ0) is 18.0. The summed E-state index contributed by atoms with van der Waals surface area (Å²) in [6.07, 6.45) is 3.64. The lowest BCUT2D eigenvalue weighted by atomic mass is 10.0. The van der Waals surface area contributed by atoms with E-state index in [2.05, 4.69) is 22.8 Å². The van der Waals surface area contributed by atoms with E-state index in [1.165, 1.54) is 12.0 Å². The SMILES string of the molecule is O=C(CCC1CCNC1)Nc1cccc(COCCc2ccccc2)c1. The summed E-state index contributed by atoms with van der Waals surface area (Å²) in [5, 5.41) is 6.35. The van der Waals surface area contributed by atoms with Crippen molar-refractivity contribution in [2.24, 2.45) is 5.92 Å². The van der Waals surface area contributed by atoms with Crippen LogP contribution in [0.25, 0.3) is 0 Å². The van der Waals surface area contributed by atoms with Crippen molar-refractivity contribution in [1.29, 1.82) is 0 Å². The Morgan fingerprint density at radius 1 is 1.12 bits per heavy atom. The molecule has 4 heteroatoms. The van der Waals surface area contributed by atoms with Gasteiger partial charge in [0.15, 0.2) is 0 Å². The Bertz CT molecular complexity index is 682. The predicted octanol–water partition coefficient (Wildman–Crippen LogP) is 3.77. The maximum Gasteiger partial charge on any atom is 0.224 e. The zero-order valence-corrected chi connectivity index (χ0v) is 15.2. The van der Waals surface area contributed by atoms with Crippen LogP contribution in [0.4, 0.5) is 5.69 Å². The van der Waals surface area contributed by atoms with Gasteiger partial charge in [-0.1, -0.05) is 42.5 Å². The summed E-state index contributed by atoms with van der Waals surface area (Å²) in [5.74, 6) is 0.740. The summed E-state index contributed by atoms with van der Waals surface area (Å²) in [6, 6.07) is 18.3. The minimum absolute atomic E-state index is 0.0963. The van der Waals surface area contributed by atoms with Crippen molar-refractivity contribution < 1.29 is 9.53 Å². The maximum atomic E-state index is 12.1. The van der Waals surface area contributed by atoms with Gasteiger partial charge in [-0.2, -0.15) is 0 Å². The monoisotopic (exact) mass is 352 g/mol. The Labute approximate surface area is 156 Å². The van der Waals surface area contributed by atoms with Crippen LogP contribution in [0, 0.1) is 5.92 Å². The number of ether oxygens (including phenoxy) is 1. The van der Waals surface area contributed by atoms with Crippen LogP contribution in [0.15, 0.2) is 54.6 Å². The summed E-state index contributed by atoms with van der Waals surface area (Å²) in [5.41, 5.74) is 3.21. The third-order valence-corrected chi connectivity index (χ3v) is 4.80. The van der Waals surface area contributed by atoms with Crippen molar-refractivity contribution in [2.45, 2.75) is 32.3 Å². The lowest BCUT2D eigenvalue weighted by Gasteiger charge is -2.10. The third kappa shape index (κ3) is 6.28. The average molecular weight is 352 g/mol. The lowest BCUT2D eigenvalue weighted by molar-refractivity contribution is -0.116. The van der Waals surface area contributed by atoms with Crippen molar-refractivity contribution in [3.63, 3.8) is 0 Å². The fourth-order valence-corrected chi connectivity index (χ4v) is 3.28. The first-order chi connectivity index (χ1) is 12.8. The minimum Gasteiger partial charge on any atom is -0.376 e. The molecular formula is C22H28N2O2. The van der Waals surface area contributed by atoms with E-state index in [4.69, 9.17) is 4.74 Å². The van der Waals surface area contributed by atoms with Crippen LogP contribution in [-0.2, 0) is 22.6 Å². The van der Waals surface area contributed by atoms with Gasteiger partial charge in [0, 0.05) is 12.1 Å². The van der Waals surface area contributed by atoms with Gasteiger partial charge >= 0.3 is 0 Å². The molecule has 26 heavy (non-hydrogen) atoms. The van der Waals surface area contributed by atoms with Gasteiger partial charge in [0.05, 0.1) is 13.2 Å². The molecular weight excluding hydrogens is 324 g/mol. The van der Waals surface area contributed by atoms with Gasteiger partial charge in [-0.05, 0) is 61.5 Å². The molecule has 0 radical (unpaired) electrons. The van der Waals surface area contributed by atoms with Crippen molar-refractivity contribution in [3.8, 4) is 0 Å². The molecule has 2 aromatic carbocycles. The number of rotatable bonds is 9. The minimum atomic E-state index is 0.0963. The molecule has 2 aromatic rings. The molecule has 0 spiro atoms. The summed E-state index contributed by atoms with van der Waals surface area (Å²) in [6.45, 7) is 3.38. The quantitative estimate of drug-likeness (QED) is 0.676. The second-order valence-corrected chi connectivity index (χ2v) is 6.93. The Morgan fingerprint density at radius 2 is 1.96 bits per heavy atom. The third-order valence-electron chi connectivity index (χ3n) is 4.80. The zero-order valence-electron chi connectivity index (χ0n) is 15.2. The summed E-state index contributed by atoms with van der Waals surface area (Å²) >= 11 is 0. The second kappa shape index (κ2) is 10.1. The molecule has 0 aliphatic carbocycles. The normalized spacial score (nSPS) is 16.5. The molecule has 1 fully saturated rings. The molecule has 1 saturated heterocycles. The van der Waals surface area contributed by atoms with Crippen LogP contribution >= 0.6 is 0 Å². The van der Waals surface area contributed by atoms with Gasteiger partial charge in [0.2, 0.25) is 5.91 Å². The Morgan fingerprint density at radius 3 is 2.77 bits per heavy atom. The highest BCUT2D eigenvalue weighted by Gasteiger charge is 2.15. The average Bonchev–Trinajstić information content (AvgIpc) is 3.18. The molecule has 4 nitrogen and oxygen atoms in total. The number of carbonyl (C=O) groups excluding carboxylic acids is 1. The number of nitrogens with one attached hydrogen (secondary N) is 2. The molecule has 3 rings (SSSR count). The van der Waals surface area contributed by atoms with E-state index in [0.717, 1.165) is 37.2 Å². The van der Waals surface area contributed by atoms with Gasteiger partial charge in [-0.15, -0.1) is 0 Å². The van der Waals surface area contributed by atoms with Gasteiger partial charge in [0.1, 0.15) is 0 Å². The first-order valence-electron chi connectivity index (χ1n) is 9.51. The van der Waals surface area contributed by atoms with Crippen LogP contribution in [0.1, 0.15) is 30.4 Å². The number of amides is 1. The summed E-state index contributed by atoms with van der Waals surface area (Å²) in [7, 11) is 0. The van der Waals surface area contributed by atoms with Crippen LogP contribution in [0.3, 0.4) is 0 Å². The highest BCUT2D eigenvalue weighted by atomic mass is 16.5. The maximum absolute atomic E-state index is 12.1. The number of carbonyl (C=O) groups is 1. The van der Waals surface area contributed by atoms with E-state index < -0.39 is 0 Å². The molecule has 2 N–H and O–H groups in total. The molecule has 1 heterocycles. The fraction of sp³-hybridized carbons (Fsp3) is 0.409. The molecule has 1 atom stereocenters. The molecule has 1 aliphatic heterocycles. The first-order valence-corrected chi connectivity index (χ1v) is 9.51. The van der Waals surface area contributed by atoms with E-state index in [1.54, 1.807) is 0 Å². The van der Waals surface area contributed by atoms with E-state index >= 15 is 0 Å². The molecule has 138 valence electrons. The van der Waals surface area contributed by atoms with Crippen LogP contribution in [0.2, 0.25) is 0 Å². The topological polar surface area (TPSA) is 50.4 Å².